The third-order valence-corrected chi connectivity index (χ3v) is 5.36. The molecule has 0 aromatic rings. The van der Waals surface area contributed by atoms with Gasteiger partial charge in [0.05, 0.1) is 6.04 Å². The van der Waals surface area contributed by atoms with Crippen molar-refractivity contribution in [2.75, 3.05) is 18.8 Å². The zero-order valence-corrected chi connectivity index (χ0v) is 20.2. The van der Waals surface area contributed by atoms with Crippen LogP contribution in [0, 0.1) is 0 Å². The molecule has 0 fully saturated rings. The number of unbranched alkanes of at least 4 members (excludes halogenated alkanes) is 2. The van der Waals surface area contributed by atoms with Crippen LogP contribution >= 0.6 is 12.6 Å². The van der Waals surface area contributed by atoms with Gasteiger partial charge in [-0.3, -0.25) is 19.2 Å². The molecule has 0 radical (unpaired) electrons. The third-order valence-electron chi connectivity index (χ3n) is 5.00. The number of aliphatic carboxylic acids is 1. The smallest absolute Gasteiger partial charge is 0.327 e. The Morgan fingerprint density at radius 2 is 1.21 bits per heavy atom. The molecule has 0 aliphatic carbocycles. The summed E-state index contributed by atoms with van der Waals surface area (Å²) in [5.74, 6) is -4.13. The zero-order chi connectivity index (χ0) is 26.1. The largest absolute Gasteiger partial charge is 0.480 e. The van der Waals surface area contributed by atoms with Crippen molar-refractivity contribution in [1.29, 1.82) is 0 Å². The normalized spacial score (nSPS) is 14.4. The minimum Gasteiger partial charge on any atom is -0.480 e. The van der Waals surface area contributed by atoms with Gasteiger partial charge < -0.3 is 44.0 Å². The average Bonchev–Trinajstić information content (AvgIpc) is 2.78. The standard InChI is InChI=1S/C20H39N7O6S/c21-9-3-1-5-12(23)17(29)25-14(7-8-16(24)28)19(31)26-13(6-2-4-10-22)18(30)27-15(11-34)20(32)33/h12-15,34H,1-11,21-23H2,(H2,24,28)(H,25,29)(H,26,31)(H,27,30)(H,32,33). The lowest BCUT2D eigenvalue weighted by Gasteiger charge is -2.25. The predicted octanol–water partition coefficient (Wildman–Crippen LogP) is -2.69. The average molecular weight is 506 g/mol. The van der Waals surface area contributed by atoms with Gasteiger partial charge in [-0.05, 0) is 51.6 Å². The molecule has 0 heterocycles. The lowest BCUT2D eigenvalue weighted by Crippen LogP contribution is -2.57. The van der Waals surface area contributed by atoms with Crippen molar-refractivity contribution in [3.8, 4) is 0 Å². The minimum absolute atomic E-state index is 0.103. The van der Waals surface area contributed by atoms with E-state index in [4.69, 9.17) is 28.0 Å². The number of amides is 4. The quantitative estimate of drug-likeness (QED) is 0.0653. The molecular formula is C20H39N7O6S. The van der Waals surface area contributed by atoms with Crippen LogP contribution in [-0.2, 0) is 24.0 Å². The van der Waals surface area contributed by atoms with Gasteiger partial charge in [0.15, 0.2) is 0 Å². The van der Waals surface area contributed by atoms with E-state index >= 15 is 0 Å². The predicted molar refractivity (Wildman–Crippen MR) is 129 cm³/mol. The van der Waals surface area contributed by atoms with Crippen molar-refractivity contribution in [1.82, 2.24) is 16.0 Å². The molecule has 34 heavy (non-hydrogen) atoms. The first-order valence-corrected chi connectivity index (χ1v) is 11.9. The number of hydrogen-bond donors (Lipinski definition) is 9. The fraction of sp³-hybridized carbons (Fsp3) is 0.750. The van der Waals surface area contributed by atoms with Crippen molar-refractivity contribution in [3.05, 3.63) is 0 Å². The van der Waals surface area contributed by atoms with Crippen molar-refractivity contribution in [2.45, 2.75) is 75.5 Å². The summed E-state index contributed by atoms with van der Waals surface area (Å²) in [4.78, 5) is 60.5. The first-order chi connectivity index (χ1) is 16.1. The van der Waals surface area contributed by atoms with E-state index in [0.29, 0.717) is 45.2 Å². The molecule has 0 saturated heterocycles. The summed E-state index contributed by atoms with van der Waals surface area (Å²) in [6.07, 6.45) is 2.63. The second-order valence-electron chi connectivity index (χ2n) is 7.88. The Morgan fingerprint density at radius 3 is 1.68 bits per heavy atom. The van der Waals surface area contributed by atoms with Crippen LogP contribution in [0.2, 0.25) is 0 Å². The number of rotatable bonds is 19. The first-order valence-electron chi connectivity index (χ1n) is 11.3. The van der Waals surface area contributed by atoms with Crippen LogP contribution in [0.1, 0.15) is 51.4 Å². The number of carbonyl (C=O) groups excluding carboxylic acids is 4. The Balaban J connectivity index is 5.41. The summed E-state index contributed by atoms with van der Waals surface area (Å²) < 4.78 is 0. The van der Waals surface area contributed by atoms with Gasteiger partial charge in [-0.1, -0.05) is 6.42 Å². The van der Waals surface area contributed by atoms with E-state index in [1.165, 1.54) is 0 Å². The fourth-order valence-corrected chi connectivity index (χ4v) is 3.21. The Hall–Kier alpha value is -2.42. The molecule has 0 aliphatic heterocycles. The highest BCUT2D eigenvalue weighted by molar-refractivity contribution is 7.80. The number of carboxylic acids is 1. The van der Waals surface area contributed by atoms with Crippen molar-refractivity contribution < 1.29 is 29.1 Å². The van der Waals surface area contributed by atoms with E-state index in [0.717, 1.165) is 0 Å². The number of nitrogens with one attached hydrogen (secondary N) is 3. The Labute approximate surface area is 204 Å². The number of nitrogens with two attached hydrogens (primary N) is 4. The highest BCUT2D eigenvalue weighted by atomic mass is 32.1. The van der Waals surface area contributed by atoms with Crippen LogP contribution in [0.25, 0.3) is 0 Å². The molecule has 4 amide bonds. The van der Waals surface area contributed by atoms with E-state index in [-0.39, 0.29) is 25.0 Å². The summed E-state index contributed by atoms with van der Waals surface area (Å²) in [5, 5.41) is 16.5. The molecule has 0 rings (SSSR count). The van der Waals surface area contributed by atoms with Crippen LogP contribution in [0.15, 0.2) is 0 Å². The molecular weight excluding hydrogens is 466 g/mol. The van der Waals surface area contributed by atoms with Crippen LogP contribution in [0.4, 0.5) is 0 Å². The van der Waals surface area contributed by atoms with Gasteiger partial charge in [0, 0.05) is 12.2 Å². The molecule has 196 valence electrons. The van der Waals surface area contributed by atoms with E-state index < -0.39 is 53.8 Å². The number of thiol groups is 1. The van der Waals surface area contributed by atoms with Gasteiger partial charge in [0.25, 0.3) is 0 Å². The second kappa shape index (κ2) is 18.0. The molecule has 4 unspecified atom stereocenters. The minimum atomic E-state index is -1.27. The first kappa shape index (κ1) is 31.6. The van der Waals surface area contributed by atoms with Crippen LogP contribution in [0.5, 0.6) is 0 Å². The van der Waals surface area contributed by atoms with Gasteiger partial charge in [-0.25, -0.2) is 4.79 Å². The highest BCUT2D eigenvalue weighted by Gasteiger charge is 2.30. The number of primary amides is 1. The third kappa shape index (κ3) is 13.3. The Kier molecular flexibility index (Phi) is 16.7. The monoisotopic (exact) mass is 505 g/mol. The molecule has 0 spiro atoms. The molecule has 0 bridgehead atoms. The summed E-state index contributed by atoms with van der Waals surface area (Å²) >= 11 is 3.91. The SMILES string of the molecule is NCCCCC(N)C(=O)NC(CCC(N)=O)C(=O)NC(CCCCN)C(=O)NC(CS)C(=O)O. The van der Waals surface area contributed by atoms with Gasteiger partial charge in [0.2, 0.25) is 23.6 Å². The fourth-order valence-electron chi connectivity index (χ4n) is 2.97. The zero-order valence-electron chi connectivity index (χ0n) is 19.3. The summed E-state index contributed by atoms with van der Waals surface area (Å²) in [7, 11) is 0. The van der Waals surface area contributed by atoms with Crippen molar-refractivity contribution >= 4 is 42.2 Å². The topological polar surface area (TPSA) is 246 Å². The van der Waals surface area contributed by atoms with E-state index in [2.05, 4.69) is 28.6 Å². The van der Waals surface area contributed by atoms with E-state index in [1.807, 2.05) is 0 Å². The van der Waals surface area contributed by atoms with E-state index in [9.17, 15) is 24.0 Å². The molecule has 0 saturated carbocycles. The molecule has 4 atom stereocenters. The molecule has 13 nitrogen and oxygen atoms in total. The summed E-state index contributed by atoms with van der Waals surface area (Å²) in [6.45, 7) is 0.831. The molecule has 0 aliphatic rings. The maximum absolute atomic E-state index is 12.9. The lowest BCUT2D eigenvalue weighted by atomic mass is 10.0. The van der Waals surface area contributed by atoms with Gasteiger partial charge in [-0.2, -0.15) is 12.6 Å². The number of carbonyl (C=O) groups is 5. The number of hydrogen-bond acceptors (Lipinski definition) is 9. The van der Waals surface area contributed by atoms with E-state index in [1.54, 1.807) is 0 Å². The van der Waals surface area contributed by atoms with Crippen molar-refractivity contribution in [2.24, 2.45) is 22.9 Å². The van der Waals surface area contributed by atoms with Gasteiger partial charge in [0.1, 0.15) is 18.1 Å². The van der Waals surface area contributed by atoms with Crippen LogP contribution < -0.4 is 38.9 Å². The summed E-state index contributed by atoms with van der Waals surface area (Å²) in [6, 6.07) is -4.40. The molecule has 0 aromatic carbocycles. The van der Waals surface area contributed by atoms with Gasteiger partial charge >= 0.3 is 5.97 Å². The maximum atomic E-state index is 12.9. The second-order valence-corrected chi connectivity index (χ2v) is 8.25. The lowest BCUT2D eigenvalue weighted by molar-refractivity contribution is -0.141. The van der Waals surface area contributed by atoms with Gasteiger partial charge in [-0.15, -0.1) is 0 Å². The Bertz CT molecular complexity index is 682. The maximum Gasteiger partial charge on any atom is 0.327 e. The molecule has 14 heteroatoms. The number of carboxylic acid groups (broad SMARTS) is 1. The van der Waals surface area contributed by atoms with Crippen LogP contribution in [0.3, 0.4) is 0 Å². The highest BCUT2D eigenvalue weighted by Crippen LogP contribution is 2.06. The van der Waals surface area contributed by atoms with Crippen LogP contribution in [-0.4, -0.2) is 77.7 Å². The molecule has 0 aromatic heterocycles. The summed E-state index contributed by atoms with van der Waals surface area (Å²) in [5.41, 5.74) is 22.0. The Morgan fingerprint density at radius 1 is 0.735 bits per heavy atom. The molecule has 12 N–H and O–H groups in total. The van der Waals surface area contributed by atoms with Crippen molar-refractivity contribution in [3.63, 3.8) is 0 Å².